The Hall–Kier alpha value is -2.05. The summed E-state index contributed by atoms with van der Waals surface area (Å²) in [7, 11) is 0. The van der Waals surface area contributed by atoms with Gasteiger partial charge >= 0.3 is 12.1 Å². The highest BCUT2D eigenvalue weighted by atomic mass is 19.4. The van der Waals surface area contributed by atoms with Crippen molar-refractivity contribution in [2.24, 2.45) is 0 Å². The molecule has 0 heterocycles. The van der Waals surface area contributed by atoms with Gasteiger partial charge in [-0.15, -0.1) is 0 Å². The number of nitrogens with one attached hydrogen (secondary N) is 2. The first-order chi connectivity index (χ1) is 8.39. The lowest BCUT2D eigenvalue weighted by Gasteiger charge is -2.09. The third-order valence-corrected chi connectivity index (χ3v) is 2.06. The number of benzene rings is 1. The van der Waals surface area contributed by atoms with Gasteiger partial charge in [0.1, 0.15) is 0 Å². The fourth-order valence-electron chi connectivity index (χ4n) is 1.16. The van der Waals surface area contributed by atoms with Gasteiger partial charge in [0.25, 0.3) is 0 Å². The molecule has 2 N–H and O–H groups in total. The lowest BCUT2D eigenvalue weighted by atomic mass is 10.1. The number of rotatable bonds is 3. The van der Waals surface area contributed by atoms with Gasteiger partial charge < -0.3 is 0 Å². The molecule has 2 amide bonds. The van der Waals surface area contributed by atoms with Crippen molar-refractivity contribution in [1.29, 1.82) is 0 Å². The lowest BCUT2D eigenvalue weighted by molar-refractivity contribution is -0.175. The lowest BCUT2D eigenvalue weighted by Crippen LogP contribution is -2.47. The quantitative estimate of drug-likeness (QED) is 0.805. The van der Waals surface area contributed by atoms with Gasteiger partial charge in [-0.2, -0.15) is 13.2 Å². The van der Waals surface area contributed by atoms with Gasteiger partial charge in [0.05, 0.1) is 0 Å². The Balaban J connectivity index is 2.29. The Labute approximate surface area is 101 Å². The highest BCUT2D eigenvalue weighted by molar-refractivity contribution is 5.85. The fourth-order valence-corrected chi connectivity index (χ4v) is 1.16. The fraction of sp³-hybridized carbons (Fsp3) is 0.273. The molecule has 0 bridgehead atoms. The van der Waals surface area contributed by atoms with Crippen LogP contribution in [0.1, 0.15) is 12.0 Å². The monoisotopic (exact) mass is 260 g/mol. The van der Waals surface area contributed by atoms with E-state index in [2.05, 4.69) is 0 Å². The molecule has 0 radical (unpaired) electrons. The molecule has 98 valence electrons. The molecular weight excluding hydrogens is 249 g/mol. The molecule has 0 aliphatic carbocycles. The van der Waals surface area contributed by atoms with Crippen LogP contribution in [-0.4, -0.2) is 18.0 Å². The standard InChI is InChI=1S/C11H11F3N2O2/c12-11(13,14)10(18)16-15-9(17)7-6-8-4-2-1-3-5-8/h1-5H,6-7H2,(H,15,17)(H,16,18). The predicted octanol–water partition coefficient (Wildman–Crippen LogP) is 1.33. The zero-order chi connectivity index (χ0) is 13.6. The van der Waals surface area contributed by atoms with Crippen molar-refractivity contribution < 1.29 is 22.8 Å². The van der Waals surface area contributed by atoms with Crippen LogP contribution < -0.4 is 10.9 Å². The van der Waals surface area contributed by atoms with Crippen LogP contribution in [0, 0.1) is 0 Å². The second-order valence-electron chi connectivity index (χ2n) is 3.49. The van der Waals surface area contributed by atoms with E-state index in [9.17, 15) is 22.8 Å². The Morgan fingerprint density at radius 1 is 1.06 bits per heavy atom. The first-order valence-electron chi connectivity index (χ1n) is 5.09. The summed E-state index contributed by atoms with van der Waals surface area (Å²) in [6.07, 6.45) is -4.64. The second kappa shape index (κ2) is 6.04. The van der Waals surface area contributed by atoms with E-state index < -0.39 is 18.0 Å². The van der Waals surface area contributed by atoms with Crippen molar-refractivity contribution >= 4 is 11.8 Å². The third kappa shape index (κ3) is 4.86. The van der Waals surface area contributed by atoms with Gasteiger partial charge in [-0.1, -0.05) is 30.3 Å². The average Bonchev–Trinajstić information content (AvgIpc) is 2.33. The first kappa shape index (κ1) is 14.0. The molecule has 1 aromatic carbocycles. The number of halogens is 3. The molecule has 0 aliphatic rings. The van der Waals surface area contributed by atoms with Gasteiger partial charge in [0.15, 0.2) is 0 Å². The summed E-state index contributed by atoms with van der Waals surface area (Å²) in [6, 6.07) is 8.98. The summed E-state index contributed by atoms with van der Waals surface area (Å²) in [6.45, 7) is 0. The van der Waals surface area contributed by atoms with Crippen LogP contribution in [0.15, 0.2) is 30.3 Å². The van der Waals surface area contributed by atoms with E-state index in [4.69, 9.17) is 0 Å². The van der Waals surface area contributed by atoms with Crippen molar-refractivity contribution in [3.05, 3.63) is 35.9 Å². The molecule has 1 rings (SSSR count). The number of amides is 2. The van der Waals surface area contributed by atoms with Gasteiger partial charge in [-0.3, -0.25) is 20.4 Å². The van der Waals surface area contributed by atoms with Gasteiger partial charge in [-0.05, 0) is 12.0 Å². The van der Waals surface area contributed by atoms with Gasteiger partial charge in [0.2, 0.25) is 5.91 Å². The molecule has 18 heavy (non-hydrogen) atoms. The van der Waals surface area contributed by atoms with Crippen LogP contribution in [0.4, 0.5) is 13.2 Å². The summed E-state index contributed by atoms with van der Waals surface area (Å²) in [4.78, 5) is 21.5. The van der Waals surface area contributed by atoms with E-state index in [1.165, 1.54) is 5.43 Å². The maximum Gasteiger partial charge on any atom is 0.472 e. The highest BCUT2D eigenvalue weighted by Gasteiger charge is 2.38. The number of hydrazine groups is 1. The maximum absolute atomic E-state index is 11.8. The van der Waals surface area contributed by atoms with Crippen LogP contribution >= 0.6 is 0 Å². The molecule has 0 fully saturated rings. The van der Waals surface area contributed by atoms with E-state index >= 15 is 0 Å². The zero-order valence-electron chi connectivity index (χ0n) is 9.25. The predicted molar refractivity (Wildman–Crippen MR) is 57.1 cm³/mol. The molecule has 7 heteroatoms. The summed E-state index contributed by atoms with van der Waals surface area (Å²) >= 11 is 0. The zero-order valence-corrected chi connectivity index (χ0v) is 9.25. The maximum atomic E-state index is 11.8. The van der Waals surface area contributed by atoms with E-state index in [0.717, 1.165) is 5.56 Å². The SMILES string of the molecule is O=C(CCc1ccccc1)NNC(=O)C(F)(F)F. The molecule has 0 aromatic heterocycles. The minimum Gasteiger partial charge on any atom is -0.273 e. The Bertz CT molecular complexity index is 418. The van der Waals surface area contributed by atoms with Crippen LogP contribution in [0.25, 0.3) is 0 Å². The van der Waals surface area contributed by atoms with Gasteiger partial charge in [0, 0.05) is 6.42 Å². The van der Waals surface area contributed by atoms with Crippen LogP contribution in [0.3, 0.4) is 0 Å². The molecule has 1 aromatic rings. The Morgan fingerprint density at radius 3 is 2.22 bits per heavy atom. The van der Waals surface area contributed by atoms with Crippen molar-refractivity contribution in [3.8, 4) is 0 Å². The normalized spacial score (nSPS) is 10.8. The molecule has 0 aliphatic heterocycles. The first-order valence-corrected chi connectivity index (χ1v) is 5.09. The van der Waals surface area contributed by atoms with Gasteiger partial charge in [-0.25, -0.2) is 0 Å². The van der Waals surface area contributed by atoms with E-state index in [1.807, 2.05) is 6.07 Å². The number of hydrogen-bond donors (Lipinski definition) is 2. The summed E-state index contributed by atoms with van der Waals surface area (Å²) in [5.41, 5.74) is 3.88. The number of carbonyl (C=O) groups is 2. The van der Waals surface area contributed by atoms with Crippen molar-refractivity contribution in [2.45, 2.75) is 19.0 Å². The summed E-state index contributed by atoms with van der Waals surface area (Å²) in [5, 5.41) is 0. The number of aryl methyl sites for hydroxylation is 1. The molecule has 0 atom stereocenters. The van der Waals surface area contributed by atoms with E-state index in [0.29, 0.717) is 6.42 Å². The minimum absolute atomic E-state index is 0.0118. The van der Waals surface area contributed by atoms with Crippen LogP contribution in [0.2, 0.25) is 0 Å². The van der Waals surface area contributed by atoms with Crippen molar-refractivity contribution in [2.75, 3.05) is 0 Å². The second-order valence-corrected chi connectivity index (χ2v) is 3.49. The van der Waals surface area contributed by atoms with Crippen LogP contribution in [0.5, 0.6) is 0 Å². The van der Waals surface area contributed by atoms with Crippen molar-refractivity contribution in [1.82, 2.24) is 10.9 Å². The minimum atomic E-state index is -5.01. The molecule has 0 saturated heterocycles. The topological polar surface area (TPSA) is 58.2 Å². The molecule has 4 nitrogen and oxygen atoms in total. The third-order valence-electron chi connectivity index (χ3n) is 2.06. The molecular formula is C11H11F3N2O2. The molecule has 0 spiro atoms. The highest BCUT2D eigenvalue weighted by Crippen LogP contribution is 2.13. The van der Waals surface area contributed by atoms with E-state index in [1.54, 1.807) is 29.7 Å². The molecule has 0 unspecified atom stereocenters. The number of alkyl halides is 3. The number of carbonyl (C=O) groups excluding carboxylic acids is 2. The Morgan fingerprint density at radius 2 is 1.67 bits per heavy atom. The van der Waals surface area contributed by atoms with Crippen molar-refractivity contribution in [3.63, 3.8) is 0 Å². The summed E-state index contributed by atoms with van der Waals surface area (Å²) < 4.78 is 35.4. The molecule has 0 saturated carbocycles. The largest absolute Gasteiger partial charge is 0.472 e. The smallest absolute Gasteiger partial charge is 0.273 e. The van der Waals surface area contributed by atoms with Crippen LogP contribution in [-0.2, 0) is 16.0 Å². The van der Waals surface area contributed by atoms with E-state index in [-0.39, 0.29) is 6.42 Å². The summed E-state index contributed by atoms with van der Waals surface area (Å²) in [5.74, 6) is -2.88. The number of hydrogen-bond acceptors (Lipinski definition) is 2. The average molecular weight is 260 g/mol. The Kier molecular flexibility index (Phi) is 4.70.